The number of nitrogens with one attached hydrogen (secondary N) is 1. The molecule has 1 N–H and O–H groups in total. The van der Waals surface area contributed by atoms with Crippen molar-refractivity contribution in [3.8, 4) is 0 Å². The summed E-state index contributed by atoms with van der Waals surface area (Å²) in [4.78, 5) is 2.48. The molecule has 1 aromatic heterocycles. The number of aryl methyl sites for hydroxylation is 1. The van der Waals surface area contributed by atoms with Crippen molar-refractivity contribution < 1.29 is 0 Å². The lowest BCUT2D eigenvalue weighted by molar-refractivity contribution is 0.0804. The largest absolute Gasteiger partial charge is 0.312 e. The summed E-state index contributed by atoms with van der Waals surface area (Å²) >= 11 is 0. The van der Waals surface area contributed by atoms with Crippen LogP contribution in [0.3, 0.4) is 0 Å². The first-order valence-electron chi connectivity index (χ1n) is 8.48. The van der Waals surface area contributed by atoms with Gasteiger partial charge in [-0.2, -0.15) is 5.10 Å². The summed E-state index contributed by atoms with van der Waals surface area (Å²) in [6.45, 7) is 3.23. The summed E-state index contributed by atoms with van der Waals surface area (Å²) in [6.07, 6.45) is 11.1. The second kappa shape index (κ2) is 7.41. The molecule has 1 aliphatic carbocycles. The maximum absolute atomic E-state index is 4.60. The Morgan fingerprint density at radius 2 is 1.95 bits per heavy atom. The molecule has 0 aromatic carbocycles. The summed E-state index contributed by atoms with van der Waals surface area (Å²) in [5.41, 5.74) is 1.47. The van der Waals surface area contributed by atoms with Gasteiger partial charge in [-0.15, -0.1) is 0 Å². The lowest BCUT2D eigenvalue weighted by atomic mass is 9.79. The molecule has 1 aliphatic rings. The van der Waals surface area contributed by atoms with Crippen LogP contribution < -0.4 is 5.32 Å². The van der Waals surface area contributed by atoms with Gasteiger partial charge >= 0.3 is 0 Å². The molecular formula is C17H32N4. The van der Waals surface area contributed by atoms with E-state index >= 15 is 0 Å². The van der Waals surface area contributed by atoms with Gasteiger partial charge in [0, 0.05) is 31.2 Å². The van der Waals surface area contributed by atoms with E-state index in [-0.39, 0.29) is 5.54 Å². The van der Waals surface area contributed by atoms with Crippen LogP contribution in [0.5, 0.6) is 0 Å². The third-order valence-corrected chi connectivity index (χ3v) is 5.14. The molecule has 0 amide bonds. The molecule has 0 aliphatic heterocycles. The number of nitrogens with zero attached hydrogens (tertiary/aromatic N) is 3. The molecule has 0 bridgehead atoms. The van der Waals surface area contributed by atoms with E-state index in [0.29, 0.717) is 6.04 Å². The van der Waals surface area contributed by atoms with E-state index in [9.17, 15) is 0 Å². The van der Waals surface area contributed by atoms with Crippen molar-refractivity contribution in [3.05, 3.63) is 18.0 Å². The first-order valence-corrected chi connectivity index (χ1v) is 8.48. The first kappa shape index (κ1) is 16.5. The van der Waals surface area contributed by atoms with Gasteiger partial charge in [-0.1, -0.05) is 32.6 Å². The summed E-state index contributed by atoms with van der Waals surface area (Å²) in [5.74, 6) is 0. The maximum Gasteiger partial charge on any atom is 0.0640 e. The molecule has 0 spiro atoms. The minimum Gasteiger partial charge on any atom is -0.312 e. The lowest BCUT2D eigenvalue weighted by Crippen LogP contribution is -2.59. The van der Waals surface area contributed by atoms with Crippen LogP contribution in [0.4, 0.5) is 0 Å². The Hall–Kier alpha value is -0.870. The van der Waals surface area contributed by atoms with Crippen LogP contribution in [0.25, 0.3) is 0 Å². The maximum atomic E-state index is 4.60. The minimum absolute atomic E-state index is 0.268. The molecule has 0 saturated heterocycles. The lowest BCUT2D eigenvalue weighted by Gasteiger charge is -2.46. The van der Waals surface area contributed by atoms with Gasteiger partial charge in [0.05, 0.1) is 5.69 Å². The van der Waals surface area contributed by atoms with Crippen LogP contribution in [0.15, 0.2) is 12.3 Å². The Kier molecular flexibility index (Phi) is 5.82. The molecule has 1 heterocycles. The summed E-state index contributed by atoms with van der Waals surface area (Å²) in [5, 5.41) is 8.37. The van der Waals surface area contributed by atoms with E-state index in [0.717, 1.165) is 13.0 Å². The fourth-order valence-electron chi connectivity index (χ4n) is 3.93. The summed E-state index contributed by atoms with van der Waals surface area (Å²) in [6, 6.07) is 2.63. The Morgan fingerprint density at radius 3 is 2.43 bits per heavy atom. The Labute approximate surface area is 129 Å². The van der Waals surface area contributed by atoms with Crippen LogP contribution in [-0.4, -0.2) is 46.9 Å². The number of likely N-dealkylation sites (N-methyl/N-ethyl adjacent to an activating group) is 2. The molecule has 1 unspecified atom stereocenters. The van der Waals surface area contributed by atoms with Crippen molar-refractivity contribution in [2.24, 2.45) is 7.05 Å². The normalized spacial score (nSPS) is 20.4. The molecule has 1 saturated carbocycles. The van der Waals surface area contributed by atoms with E-state index in [4.69, 9.17) is 0 Å². The van der Waals surface area contributed by atoms with E-state index in [1.54, 1.807) is 0 Å². The topological polar surface area (TPSA) is 33.1 Å². The van der Waals surface area contributed by atoms with Crippen LogP contribution in [0.2, 0.25) is 0 Å². The van der Waals surface area contributed by atoms with Crippen LogP contribution in [0, 0.1) is 0 Å². The average molecular weight is 292 g/mol. The predicted molar refractivity (Wildman–Crippen MR) is 88.5 cm³/mol. The van der Waals surface area contributed by atoms with Gasteiger partial charge in [-0.3, -0.25) is 4.68 Å². The molecule has 120 valence electrons. The first-order chi connectivity index (χ1) is 10.1. The molecule has 1 atom stereocenters. The predicted octanol–water partition coefficient (Wildman–Crippen LogP) is 2.60. The Balaban J connectivity index is 2.22. The third kappa shape index (κ3) is 3.86. The number of hydrogen-bond donors (Lipinski definition) is 1. The zero-order chi connectivity index (χ0) is 15.3. The Bertz CT molecular complexity index is 416. The zero-order valence-electron chi connectivity index (χ0n) is 14.2. The second-order valence-corrected chi connectivity index (χ2v) is 6.71. The molecule has 0 radical (unpaired) electrons. The highest BCUT2D eigenvalue weighted by molar-refractivity contribution is 5.08. The van der Waals surface area contributed by atoms with Crippen LogP contribution in [0.1, 0.15) is 51.1 Å². The molecule has 21 heavy (non-hydrogen) atoms. The fraction of sp³-hybridized carbons (Fsp3) is 0.824. The molecule has 2 rings (SSSR count). The molecule has 4 nitrogen and oxygen atoms in total. The van der Waals surface area contributed by atoms with Gasteiger partial charge in [0.25, 0.3) is 0 Å². The van der Waals surface area contributed by atoms with E-state index < -0.39 is 0 Å². The van der Waals surface area contributed by atoms with Crippen molar-refractivity contribution in [3.63, 3.8) is 0 Å². The second-order valence-electron chi connectivity index (χ2n) is 6.71. The molecular weight excluding hydrogens is 260 g/mol. The Morgan fingerprint density at radius 1 is 1.29 bits per heavy atom. The van der Waals surface area contributed by atoms with Crippen molar-refractivity contribution in [2.45, 2.75) is 63.5 Å². The minimum atomic E-state index is 0.268. The monoisotopic (exact) mass is 292 g/mol. The van der Waals surface area contributed by atoms with Crippen LogP contribution >= 0.6 is 0 Å². The zero-order valence-corrected chi connectivity index (χ0v) is 14.2. The van der Waals surface area contributed by atoms with E-state index in [2.05, 4.69) is 42.4 Å². The van der Waals surface area contributed by atoms with Gasteiger partial charge in [0.2, 0.25) is 0 Å². The van der Waals surface area contributed by atoms with Gasteiger partial charge in [0.15, 0.2) is 0 Å². The van der Waals surface area contributed by atoms with E-state index in [1.807, 2.05) is 17.9 Å². The van der Waals surface area contributed by atoms with Gasteiger partial charge in [-0.25, -0.2) is 0 Å². The highest BCUT2D eigenvalue weighted by Gasteiger charge is 2.40. The standard InChI is InChI=1S/C17H32N4/c1-5-18-16(14-15-10-13-21(4)19-15)17(20(2)3)11-8-6-7-9-12-17/h10,13,16,18H,5-9,11-12,14H2,1-4H3. The fourth-order valence-corrected chi connectivity index (χ4v) is 3.93. The SMILES string of the molecule is CCNC(Cc1ccn(C)n1)C1(N(C)C)CCCCCC1. The third-order valence-electron chi connectivity index (χ3n) is 5.14. The van der Waals surface area contributed by atoms with Crippen molar-refractivity contribution in [1.29, 1.82) is 0 Å². The summed E-state index contributed by atoms with van der Waals surface area (Å²) in [7, 11) is 6.52. The van der Waals surface area contributed by atoms with Crippen molar-refractivity contribution in [1.82, 2.24) is 20.0 Å². The van der Waals surface area contributed by atoms with Gasteiger partial charge in [0.1, 0.15) is 0 Å². The van der Waals surface area contributed by atoms with Crippen molar-refractivity contribution in [2.75, 3.05) is 20.6 Å². The number of rotatable bonds is 6. The molecule has 1 aromatic rings. The highest BCUT2D eigenvalue weighted by Crippen LogP contribution is 2.35. The smallest absolute Gasteiger partial charge is 0.0640 e. The average Bonchev–Trinajstić information content (AvgIpc) is 2.72. The quantitative estimate of drug-likeness (QED) is 0.818. The molecule has 4 heteroatoms. The van der Waals surface area contributed by atoms with Crippen LogP contribution in [-0.2, 0) is 13.5 Å². The van der Waals surface area contributed by atoms with Gasteiger partial charge < -0.3 is 10.2 Å². The number of aromatic nitrogens is 2. The summed E-state index contributed by atoms with van der Waals surface area (Å²) < 4.78 is 1.91. The van der Waals surface area contributed by atoms with Gasteiger partial charge in [-0.05, 0) is 39.5 Å². The van der Waals surface area contributed by atoms with E-state index in [1.165, 1.54) is 44.2 Å². The molecule has 1 fully saturated rings. The highest BCUT2D eigenvalue weighted by atomic mass is 15.3. The van der Waals surface area contributed by atoms with Crippen molar-refractivity contribution >= 4 is 0 Å². The number of hydrogen-bond acceptors (Lipinski definition) is 3.